The molecule has 0 aliphatic heterocycles. The van der Waals surface area contributed by atoms with Crippen molar-refractivity contribution in [2.75, 3.05) is 5.33 Å². The Labute approximate surface area is 113 Å². The molecule has 1 atom stereocenters. The van der Waals surface area contributed by atoms with Crippen molar-refractivity contribution in [2.24, 2.45) is 0 Å². The Morgan fingerprint density at radius 1 is 1.44 bits per heavy atom. The number of hydrogen-bond acceptors (Lipinski definition) is 4. The third-order valence-corrected chi connectivity index (χ3v) is 2.93. The number of rotatable bonds is 6. The number of esters is 1. The van der Waals surface area contributed by atoms with Crippen LogP contribution in [0.2, 0.25) is 0 Å². The van der Waals surface area contributed by atoms with Gasteiger partial charge in [-0.25, -0.2) is 0 Å². The second-order valence-electron chi connectivity index (χ2n) is 3.73. The van der Waals surface area contributed by atoms with E-state index in [4.69, 9.17) is 4.74 Å². The van der Waals surface area contributed by atoms with Crippen LogP contribution in [-0.4, -0.2) is 16.2 Å². The molecule has 0 saturated carbocycles. The fourth-order valence-electron chi connectivity index (χ4n) is 1.42. The summed E-state index contributed by atoms with van der Waals surface area (Å²) >= 11 is 3.27. The van der Waals surface area contributed by atoms with Gasteiger partial charge in [0.25, 0.3) is 5.69 Å². The van der Waals surface area contributed by atoms with Crippen LogP contribution < -0.4 is 0 Å². The fraction of sp³-hybridized carbons (Fsp3) is 0.417. The molecular formula is C12H14BrNO4. The highest BCUT2D eigenvalue weighted by Gasteiger charge is 2.16. The van der Waals surface area contributed by atoms with E-state index < -0.39 is 11.0 Å². The Kier molecular flexibility index (Phi) is 5.77. The molecule has 0 aliphatic rings. The van der Waals surface area contributed by atoms with Crippen molar-refractivity contribution in [3.63, 3.8) is 0 Å². The molecule has 0 aliphatic carbocycles. The molecule has 0 fully saturated rings. The van der Waals surface area contributed by atoms with Gasteiger partial charge in [-0.15, -0.1) is 0 Å². The van der Waals surface area contributed by atoms with Crippen molar-refractivity contribution in [1.82, 2.24) is 0 Å². The first-order valence-corrected chi connectivity index (χ1v) is 6.70. The van der Waals surface area contributed by atoms with E-state index >= 15 is 0 Å². The molecule has 0 bridgehead atoms. The summed E-state index contributed by atoms with van der Waals surface area (Å²) in [5, 5.41) is 11.0. The Bertz CT molecular complexity index is 419. The molecule has 1 aromatic carbocycles. The second-order valence-corrected chi connectivity index (χ2v) is 4.38. The fourth-order valence-corrected chi connectivity index (χ4v) is 1.93. The number of alkyl halides is 1. The smallest absolute Gasteiger partial charge is 0.306 e. The molecule has 0 radical (unpaired) electrons. The minimum atomic E-state index is -0.462. The molecule has 1 rings (SSSR count). The van der Waals surface area contributed by atoms with Gasteiger partial charge in [-0.3, -0.25) is 14.9 Å². The molecule has 0 unspecified atom stereocenters. The van der Waals surface area contributed by atoms with Gasteiger partial charge in [-0.1, -0.05) is 22.9 Å². The van der Waals surface area contributed by atoms with E-state index in [1.165, 1.54) is 12.1 Å². The number of hydrogen-bond donors (Lipinski definition) is 0. The van der Waals surface area contributed by atoms with Crippen LogP contribution in [0, 0.1) is 10.1 Å². The van der Waals surface area contributed by atoms with E-state index in [9.17, 15) is 14.9 Å². The van der Waals surface area contributed by atoms with Gasteiger partial charge in [0.05, 0.1) is 4.92 Å². The van der Waals surface area contributed by atoms with Crippen molar-refractivity contribution in [3.05, 3.63) is 39.9 Å². The molecule has 0 aromatic heterocycles. The zero-order chi connectivity index (χ0) is 13.5. The number of ether oxygens (including phenoxy) is 1. The monoisotopic (exact) mass is 315 g/mol. The first-order valence-electron chi connectivity index (χ1n) is 5.58. The van der Waals surface area contributed by atoms with Gasteiger partial charge in [0, 0.05) is 23.9 Å². The molecule has 0 amide bonds. The summed E-state index contributed by atoms with van der Waals surface area (Å²) in [6, 6.07) is 6.00. The molecule has 5 nitrogen and oxygen atoms in total. The SMILES string of the molecule is CCCC(=O)O[C@@H](CBr)c1ccc([N+](=O)[O-])cc1. The summed E-state index contributed by atoms with van der Waals surface area (Å²) in [6.07, 6.45) is 0.690. The van der Waals surface area contributed by atoms with Crippen LogP contribution in [0.3, 0.4) is 0 Å². The number of nitro groups is 1. The molecule has 0 saturated heterocycles. The second kappa shape index (κ2) is 7.10. The molecular weight excluding hydrogens is 302 g/mol. The minimum Gasteiger partial charge on any atom is -0.457 e. The maximum atomic E-state index is 11.4. The summed E-state index contributed by atoms with van der Waals surface area (Å²) in [7, 11) is 0. The number of nitrogens with zero attached hydrogens (tertiary/aromatic N) is 1. The lowest BCUT2D eigenvalue weighted by atomic mass is 10.1. The highest BCUT2D eigenvalue weighted by atomic mass is 79.9. The number of carbonyl (C=O) groups is 1. The van der Waals surface area contributed by atoms with Crippen molar-refractivity contribution in [1.29, 1.82) is 0 Å². The minimum absolute atomic E-state index is 0.0203. The predicted octanol–water partition coefficient (Wildman–Crippen LogP) is 3.37. The first kappa shape index (κ1) is 14.6. The van der Waals surface area contributed by atoms with Gasteiger partial charge in [0.2, 0.25) is 0 Å². The molecule has 0 spiro atoms. The van der Waals surface area contributed by atoms with Gasteiger partial charge in [0.15, 0.2) is 0 Å². The van der Waals surface area contributed by atoms with Gasteiger partial charge < -0.3 is 4.74 Å². The van der Waals surface area contributed by atoms with Crippen LogP contribution >= 0.6 is 15.9 Å². The number of carbonyl (C=O) groups excluding carboxylic acids is 1. The van der Waals surface area contributed by atoms with E-state index in [2.05, 4.69) is 15.9 Å². The highest BCUT2D eigenvalue weighted by Crippen LogP contribution is 2.23. The first-order chi connectivity index (χ1) is 8.58. The van der Waals surface area contributed by atoms with Crippen LogP contribution in [0.4, 0.5) is 5.69 Å². The van der Waals surface area contributed by atoms with Crippen LogP contribution in [0.5, 0.6) is 0 Å². The van der Waals surface area contributed by atoms with E-state index in [1.807, 2.05) is 6.92 Å². The maximum absolute atomic E-state index is 11.4. The summed E-state index contributed by atoms with van der Waals surface area (Å²) in [5.41, 5.74) is 0.758. The Hall–Kier alpha value is -1.43. The van der Waals surface area contributed by atoms with Crippen LogP contribution in [0.15, 0.2) is 24.3 Å². The zero-order valence-electron chi connectivity index (χ0n) is 9.97. The van der Waals surface area contributed by atoms with Gasteiger partial charge in [-0.05, 0) is 24.1 Å². The molecule has 6 heteroatoms. The van der Waals surface area contributed by atoms with Gasteiger partial charge >= 0.3 is 5.97 Å². The van der Waals surface area contributed by atoms with Gasteiger partial charge in [-0.2, -0.15) is 0 Å². The van der Waals surface area contributed by atoms with E-state index in [-0.39, 0.29) is 11.7 Å². The van der Waals surface area contributed by atoms with Crippen molar-refractivity contribution in [2.45, 2.75) is 25.9 Å². The van der Waals surface area contributed by atoms with Crippen molar-refractivity contribution >= 4 is 27.6 Å². The van der Waals surface area contributed by atoms with E-state index in [1.54, 1.807) is 12.1 Å². The molecule has 0 heterocycles. The molecule has 98 valence electrons. The summed E-state index contributed by atoms with van der Waals surface area (Å²) < 4.78 is 5.27. The number of nitro benzene ring substituents is 1. The normalized spacial score (nSPS) is 11.9. The van der Waals surface area contributed by atoms with Crippen molar-refractivity contribution in [3.8, 4) is 0 Å². The molecule has 1 aromatic rings. The Morgan fingerprint density at radius 2 is 2.06 bits per heavy atom. The quantitative estimate of drug-likeness (QED) is 0.349. The number of non-ortho nitro benzene ring substituents is 1. The zero-order valence-corrected chi connectivity index (χ0v) is 11.6. The lowest BCUT2D eigenvalue weighted by molar-refractivity contribution is -0.384. The number of benzene rings is 1. The largest absolute Gasteiger partial charge is 0.457 e. The van der Waals surface area contributed by atoms with E-state index in [0.29, 0.717) is 11.8 Å². The standard InChI is InChI=1S/C12H14BrNO4/c1-2-3-12(15)18-11(8-13)9-4-6-10(7-5-9)14(16)17/h4-7,11H,2-3,8H2,1H3/t11-/m0/s1. The summed E-state index contributed by atoms with van der Waals surface area (Å²) in [4.78, 5) is 21.5. The highest BCUT2D eigenvalue weighted by molar-refractivity contribution is 9.09. The summed E-state index contributed by atoms with van der Waals surface area (Å²) in [5.74, 6) is -0.264. The van der Waals surface area contributed by atoms with Crippen molar-refractivity contribution < 1.29 is 14.5 Å². The predicted molar refractivity (Wildman–Crippen MR) is 70.6 cm³/mol. The van der Waals surface area contributed by atoms with Crippen LogP contribution in [0.1, 0.15) is 31.4 Å². The lowest BCUT2D eigenvalue weighted by Gasteiger charge is -2.15. The Morgan fingerprint density at radius 3 is 2.50 bits per heavy atom. The van der Waals surface area contributed by atoms with Crippen LogP contribution in [-0.2, 0) is 9.53 Å². The average Bonchev–Trinajstić information content (AvgIpc) is 2.36. The third-order valence-electron chi connectivity index (χ3n) is 2.34. The topological polar surface area (TPSA) is 69.4 Å². The number of halogens is 1. The van der Waals surface area contributed by atoms with E-state index in [0.717, 1.165) is 12.0 Å². The summed E-state index contributed by atoms with van der Waals surface area (Å²) in [6.45, 7) is 1.90. The lowest BCUT2D eigenvalue weighted by Crippen LogP contribution is -2.12. The Balaban J connectivity index is 2.76. The average molecular weight is 316 g/mol. The maximum Gasteiger partial charge on any atom is 0.306 e. The third kappa shape index (κ3) is 4.10. The molecule has 18 heavy (non-hydrogen) atoms. The van der Waals surface area contributed by atoms with Crippen LogP contribution in [0.25, 0.3) is 0 Å². The molecule has 0 N–H and O–H groups in total. The van der Waals surface area contributed by atoms with Gasteiger partial charge in [0.1, 0.15) is 6.10 Å².